The quantitative estimate of drug-likeness (QED) is 0.553. The summed E-state index contributed by atoms with van der Waals surface area (Å²) in [5.41, 5.74) is 0. The van der Waals surface area contributed by atoms with Crippen LogP contribution in [0.15, 0.2) is 0 Å². The van der Waals surface area contributed by atoms with Gasteiger partial charge >= 0.3 is 5.97 Å². The summed E-state index contributed by atoms with van der Waals surface area (Å²) >= 11 is 0. The third-order valence-corrected chi connectivity index (χ3v) is 1.25. The molecule has 60 valence electrons. The Balaban J connectivity index is 3.56. The smallest absolute Gasteiger partial charge is 0.306 e. The maximum Gasteiger partial charge on any atom is 0.306 e. The average Bonchev–Trinajstić information content (AvgIpc) is 1.87. The fourth-order valence-corrected chi connectivity index (χ4v) is 0.499. The summed E-state index contributed by atoms with van der Waals surface area (Å²) in [7, 11) is 1.33. The maximum absolute atomic E-state index is 10.2. The molecule has 2 unspecified atom stereocenters. The Morgan fingerprint density at radius 1 is 1.70 bits per heavy atom. The van der Waals surface area contributed by atoms with Crippen molar-refractivity contribution in [3.8, 4) is 0 Å². The third-order valence-electron chi connectivity index (χ3n) is 1.25. The molecule has 0 aromatic carbocycles. The zero-order valence-electron chi connectivity index (χ0n) is 6.07. The highest BCUT2D eigenvalue weighted by molar-refractivity contribution is 5.69. The molecule has 0 aromatic rings. The summed E-state index contributed by atoms with van der Waals surface area (Å²) in [4.78, 5) is 10.2. The first-order chi connectivity index (χ1) is 4.57. The Kier molecular flexibility index (Phi) is 3.99. The van der Waals surface area contributed by atoms with Crippen molar-refractivity contribution >= 4 is 5.97 Å². The fourth-order valence-electron chi connectivity index (χ4n) is 0.499. The van der Waals surface area contributed by atoms with E-state index >= 15 is 0 Å². The van der Waals surface area contributed by atoms with Crippen LogP contribution in [0, 0.1) is 5.92 Å². The average molecular weight is 148 g/mol. The zero-order chi connectivity index (χ0) is 8.15. The number of aliphatic hydroxyl groups is 1. The minimum atomic E-state index is -0.967. The van der Waals surface area contributed by atoms with E-state index in [2.05, 4.69) is 4.74 Å². The van der Waals surface area contributed by atoms with Crippen molar-refractivity contribution in [3.63, 3.8) is 0 Å². The highest BCUT2D eigenvalue weighted by Gasteiger charge is 2.15. The van der Waals surface area contributed by atoms with Gasteiger partial charge in [-0.15, -0.1) is 0 Å². The Morgan fingerprint density at radius 2 is 2.20 bits per heavy atom. The van der Waals surface area contributed by atoms with Crippen LogP contribution in [0.2, 0.25) is 0 Å². The minimum Gasteiger partial charge on any atom is -0.481 e. The number of hydrogen-bond donors (Lipinski definition) is 2. The van der Waals surface area contributed by atoms with Crippen LogP contribution < -0.4 is 0 Å². The number of rotatable bonds is 4. The van der Waals surface area contributed by atoms with E-state index in [1.165, 1.54) is 14.0 Å². The van der Waals surface area contributed by atoms with Crippen LogP contribution in [0.1, 0.15) is 13.3 Å². The van der Waals surface area contributed by atoms with E-state index in [1.54, 1.807) is 0 Å². The van der Waals surface area contributed by atoms with Gasteiger partial charge in [0, 0.05) is 13.5 Å². The fraction of sp³-hybridized carbons (Fsp3) is 0.833. The predicted molar refractivity (Wildman–Crippen MR) is 34.4 cm³/mol. The Hall–Kier alpha value is -0.610. The van der Waals surface area contributed by atoms with Crippen molar-refractivity contribution in [3.05, 3.63) is 0 Å². The van der Waals surface area contributed by atoms with Crippen molar-refractivity contribution in [2.24, 2.45) is 5.92 Å². The van der Waals surface area contributed by atoms with E-state index in [1.807, 2.05) is 0 Å². The third kappa shape index (κ3) is 3.42. The number of aliphatic hydroxyl groups excluding tert-OH is 1. The van der Waals surface area contributed by atoms with Crippen LogP contribution >= 0.6 is 0 Å². The van der Waals surface area contributed by atoms with Gasteiger partial charge in [0.05, 0.1) is 5.92 Å². The molecule has 0 aliphatic rings. The minimum absolute atomic E-state index is 0.131. The van der Waals surface area contributed by atoms with E-state index < -0.39 is 18.2 Å². The van der Waals surface area contributed by atoms with Gasteiger partial charge in [0.15, 0.2) is 6.29 Å². The number of carboxylic acids is 1. The first-order valence-electron chi connectivity index (χ1n) is 3.01. The highest BCUT2D eigenvalue weighted by atomic mass is 16.6. The second kappa shape index (κ2) is 4.24. The molecule has 0 aliphatic carbocycles. The zero-order valence-corrected chi connectivity index (χ0v) is 6.07. The van der Waals surface area contributed by atoms with Crippen LogP contribution in [0.3, 0.4) is 0 Å². The molecule has 4 nitrogen and oxygen atoms in total. The molecule has 10 heavy (non-hydrogen) atoms. The number of hydrogen-bond acceptors (Lipinski definition) is 3. The summed E-state index contributed by atoms with van der Waals surface area (Å²) in [5.74, 6) is -1.48. The topological polar surface area (TPSA) is 66.8 Å². The van der Waals surface area contributed by atoms with E-state index in [0.29, 0.717) is 0 Å². The molecule has 2 atom stereocenters. The molecule has 0 saturated carbocycles. The van der Waals surface area contributed by atoms with Crippen molar-refractivity contribution in [2.75, 3.05) is 7.11 Å². The first kappa shape index (κ1) is 9.39. The van der Waals surface area contributed by atoms with E-state index in [4.69, 9.17) is 10.2 Å². The Labute approximate surface area is 59.4 Å². The molecule has 0 spiro atoms. The van der Waals surface area contributed by atoms with Crippen molar-refractivity contribution in [1.82, 2.24) is 0 Å². The molecule has 0 rings (SSSR count). The monoisotopic (exact) mass is 148 g/mol. The number of ether oxygens (including phenoxy) is 1. The van der Waals surface area contributed by atoms with Gasteiger partial charge in [-0.3, -0.25) is 4.79 Å². The molecular formula is C6H12O4. The Morgan fingerprint density at radius 3 is 2.50 bits per heavy atom. The second-order valence-corrected chi connectivity index (χ2v) is 2.17. The predicted octanol–water partition coefficient (Wildman–Crippen LogP) is 0.0620. The molecule has 2 N–H and O–H groups in total. The van der Waals surface area contributed by atoms with E-state index in [9.17, 15) is 4.79 Å². The standard InChI is InChI=1S/C6H12O4/c1-4(6(8)9)3-5(7)10-2/h4-5,7H,3H2,1-2H3,(H,8,9). The van der Waals surface area contributed by atoms with Crippen molar-refractivity contribution in [1.29, 1.82) is 0 Å². The molecule has 0 saturated heterocycles. The lowest BCUT2D eigenvalue weighted by atomic mass is 10.1. The van der Waals surface area contributed by atoms with Crippen molar-refractivity contribution in [2.45, 2.75) is 19.6 Å². The van der Waals surface area contributed by atoms with Crippen LogP contribution in [0.5, 0.6) is 0 Å². The highest BCUT2D eigenvalue weighted by Crippen LogP contribution is 2.05. The van der Waals surface area contributed by atoms with Gasteiger partial charge in [0.25, 0.3) is 0 Å². The van der Waals surface area contributed by atoms with Gasteiger partial charge < -0.3 is 14.9 Å². The molecule has 0 heterocycles. The lowest BCUT2D eigenvalue weighted by Crippen LogP contribution is -2.19. The normalized spacial score (nSPS) is 16.3. The molecular weight excluding hydrogens is 136 g/mol. The summed E-state index contributed by atoms with van der Waals surface area (Å²) in [6.07, 6.45) is -0.836. The molecule has 0 aromatic heterocycles. The summed E-state index contributed by atoms with van der Waals surface area (Å²) in [6.45, 7) is 1.52. The summed E-state index contributed by atoms with van der Waals surface area (Å²) < 4.78 is 4.46. The molecule has 0 fully saturated rings. The molecule has 0 aliphatic heterocycles. The van der Waals surface area contributed by atoms with Gasteiger partial charge in [0.2, 0.25) is 0 Å². The van der Waals surface area contributed by atoms with Gasteiger partial charge in [0.1, 0.15) is 0 Å². The molecule has 4 heteroatoms. The second-order valence-electron chi connectivity index (χ2n) is 2.17. The van der Waals surface area contributed by atoms with Gasteiger partial charge in [-0.2, -0.15) is 0 Å². The lowest BCUT2D eigenvalue weighted by Gasteiger charge is -2.10. The van der Waals surface area contributed by atoms with Crippen molar-refractivity contribution < 1.29 is 19.7 Å². The van der Waals surface area contributed by atoms with Gasteiger partial charge in [-0.1, -0.05) is 6.92 Å². The molecule has 0 amide bonds. The summed E-state index contributed by atoms with van der Waals surface area (Å²) in [5, 5.41) is 17.2. The maximum atomic E-state index is 10.2. The van der Waals surface area contributed by atoms with Crippen LogP contribution in [-0.4, -0.2) is 29.6 Å². The summed E-state index contributed by atoms with van der Waals surface area (Å²) in [6, 6.07) is 0. The lowest BCUT2D eigenvalue weighted by molar-refractivity contribution is -0.146. The van der Waals surface area contributed by atoms with Gasteiger partial charge in [-0.25, -0.2) is 0 Å². The van der Waals surface area contributed by atoms with E-state index in [-0.39, 0.29) is 6.42 Å². The molecule has 0 radical (unpaired) electrons. The largest absolute Gasteiger partial charge is 0.481 e. The van der Waals surface area contributed by atoms with Crippen LogP contribution in [0.25, 0.3) is 0 Å². The first-order valence-corrected chi connectivity index (χ1v) is 3.01. The van der Waals surface area contributed by atoms with E-state index in [0.717, 1.165) is 0 Å². The Bertz CT molecular complexity index is 112. The van der Waals surface area contributed by atoms with Crippen LogP contribution in [0.4, 0.5) is 0 Å². The number of methoxy groups -OCH3 is 1. The number of carbonyl (C=O) groups is 1. The molecule has 0 bridgehead atoms. The number of aliphatic carboxylic acids is 1. The van der Waals surface area contributed by atoms with Gasteiger partial charge in [-0.05, 0) is 0 Å². The SMILES string of the molecule is COC(O)CC(C)C(=O)O. The van der Waals surface area contributed by atoms with Crippen LogP contribution in [-0.2, 0) is 9.53 Å². The number of carboxylic acid groups (broad SMARTS) is 1.